The largest absolute Gasteiger partial charge is 0.271 e. The number of nitro benzene ring substituents is 1. The van der Waals surface area contributed by atoms with Gasteiger partial charge in [0.25, 0.3) is 11.6 Å². The van der Waals surface area contributed by atoms with Gasteiger partial charge >= 0.3 is 0 Å². The molecule has 2 aromatic rings. The molecule has 0 unspecified atom stereocenters. The Balaban J connectivity index is 2.16. The van der Waals surface area contributed by atoms with Gasteiger partial charge in [0, 0.05) is 17.7 Å². The molecular formula is C16H15N3O3. The van der Waals surface area contributed by atoms with E-state index in [9.17, 15) is 14.9 Å². The summed E-state index contributed by atoms with van der Waals surface area (Å²) in [5.74, 6) is -0.481. The van der Waals surface area contributed by atoms with E-state index in [1.807, 2.05) is 37.3 Å². The summed E-state index contributed by atoms with van der Waals surface area (Å²) in [4.78, 5) is 22.2. The highest BCUT2D eigenvalue weighted by Crippen LogP contribution is 2.13. The quantitative estimate of drug-likeness (QED) is 0.522. The van der Waals surface area contributed by atoms with E-state index in [2.05, 4.69) is 10.5 Å². The van der Waals surface area contributed by atoms with Gasteiger partial charge in [-0.3, -0.25) is 14.9 Å². The Kier molecular flexibility index (Phi) is 4.98. The predicted octanol–water partition coefficient (Wildman–Crippen LogP) is 3.14. The van der Waals surface area contributed by atoms with Gasteiger partial charge in [0.2, 0.25) is 0 Å². The van der Waals surface area contributed by atoms with Gasteiger partial charge in [-0.1, -0.05) is 43.3 Å². The van der Waals surface area contributed by atoms with Crippen molar-refractivity contribution >= 4 is 17.3 Å². The fourth-order valence-corrected chi connectivity index (χ4v) is 1.92. The Morgan fingerprint density at radius 2 is 1.82 bits per heavy atom. The van der Waals surface area contributed by atoms with Crippen LogP contribution < -0.4 is 5.43 Å². The van der Waals surface area contributed by atoms with Crippen molar-refractivity contribution in [3.63, 3.8) is 0 Å². The van der Waals surface area contributed by atoms with E-state index in [0.29, 0.717) is 6.42 Å². The summed E-state index contributed by atoms with van der Waals surface area (Å²) < 4.78 is 0. The van der Waals surface area contributed by atoms with Crippen molar-refractivity contribution in [1.29, 1.82) is 0 Å². The number of amides is 1. The first-order valence-corrected chi connectivity index (χ1v) is 6.78. The summed E-state index contributed by atoms with van der Waals surface area (Å²) in [6, 6.07) is 15.0. The molecule has 112 valence electrons. The number of nitro groups is 1. The van der Waals surface area contributed by atoms with Crippen LogP contribution in [0.5, 0.6) is 0 Å². The number of non-ortho nitro benzene ring substituents is 1. The van der Waals surface area contributed by atoms with Gasteiger partial charge in [0.15, 0.2) is 0 Å². The first-order chi connectivity index (χ1) is 10.6. The predicted molar refractivity (Wildman–Crippen MR) is 83.8 cm³/mol. The van der Waals surface area contributed by atoms with E-state index in [1.54, 1.807) is 0 Å². The van der Waals surface area contributed by atoms with Crippen molar-refractivity contribution in [3.05, 3.63) is 75.8 Å². The molecule has 0 atom stereocenters. The summed E-state index contributed by atoms with van der Waals surface area (Å²) in [7, 11) is 0. The third-order valence-corrected chi connectivity index (χ3v) is 3.05. The van der Waals surface area contributed by atoms with Crippen LogP contribution >= 0.6 is 0 Å². The Labute approximate surface area is 127 Å². The lowest BCUT2D eigenvalue weighted by molar-refractivity contribution is -0.384. The van der Waals surface area contributed by atoms with Crippen LogP contribution in [0.2, 0.25) is 0 Å². The van der Waals surface area contributed by atoms with Gasteiger partial charge in [-0.05, 0) is 18.1 Å². The number of hydrogen-bond acceptors (Lipinski definition) is 4. The standard InChI is InChI=1S/C16H15N3O3/c1-2-15(12-7-4-3-5-8-12)17-18-16(20)13-9-6-10-14(11-13)19(21)22/h3-11H,2H2,1H3,(H,18,20)/b17-15-. The molecule has 0 aliphatic rings. The average molecular weight is 297 g/mol. The van der Waals surface area contributed by atoms with E-state index < -0.39 is 10.8 Å². The van der Waals surface area contributed by atoms with Crippen molar-refractivity contribution in [3.8, 4) is 0 Å². The second-order valence-corrected chi connectivity index (χ2v) is 4.53. The molecule has 0 radical (unpaired) electrons. The molecule has 0 saturated carbocycles. The van der Waals surface area contributed by atoms with Crippen molar-refractivity contribution < 1.29 is 9.72 Å². The third-order valence-electron chi connectivity index (χ3n) is 3.05. The lowest BCUT2D eigenvalue weighted by Gasteiger charge is -2.05. The second-order valence-electron chi connectivity index (χ2n) is 4.53. The van der Waals surface area contributed by atoms with E-state index >= 15 is 0 Å². The highest BCUT2D eigenvalue weighted by Gasteiger charge is 2.11. The Morgan fingerprint density at radius 1 is 1.14 bits per heavy atom. The zero-order valence-electron chi connectivity index (χ0n) is 12.0. The van der Waals surface area contributed by atoms with E-state index in [4.69, 9.17) is 0 Å². The minimum absolute atomic E-state index is 0.129. The number of hydrogen-bond donors (Lipinski definition) is 1. The fraction of sp³-hybridized carbons (Fsp3) is 0.125. The maximum atomic E-state index is 12.0. The van der Waals surface area contributed by atoms with Gasteiger partial charge in [-0.25, -0.2) is 5.43 Å². The molecule has 0 bridgehead atoms. The van der Waals surface area contributed by atoms with Crippen molar-refractivity contribution in [1.82, 2.24) is 5.43 Å². The molecule has 0 aromatic heterocycles. The van der Waals surface area contributed by atoms with Gasteiger partial charge < -0.3 is 0 Å². The molecule has 2 aromatic carbocycles. The van der Waals surface area contributed by atoms with Crippen LogP contribution in [0.3, 0.4) is 0 Å². The van der Waals surface area contributed by atoms with Gasteiger partial charge in [-0.15, -0.1) is 0 Å². The normalized spacial score (nSPS) is 11.0. The summed E-state index contributed by atoms with van der Waals surface area (Å²) in [6.07, 6.45) is 0.652. The van der Waals surface area contributed by atoms with Crippen LogP contribution in [0.1, 0.15) is 29.3 Å². The zero-order chi connectivity index (χ0) is 15.9. The SMILES string of the molecule is CC/C(=N/NC(=O)c1cccc([N+](=O)[O-])c1)c1ccccc1. The molecule has 0 spiro atoms. The lowest BCUT2D eigenvalue weighted by atomic mass is 10.1. The van der Waals surface area contributed by atoms with Crippen molar-refractivity contribution in [2.24, 2.45) is 5.10 Å². The summed E-state index contributed by atoms with van der Waals surface area (Å²) in [6.45, 7) is 1.94. The number of nitrogens with one attached hydrogen (secondary N) is 1. The molecule has 0 aliphatic carbocycles. The highest BCUT2D eigenvalue weighted by atomic mass is 16.6. The Morgan fingerprint density at radius 3 is 2.45 bits per heavy atom. The van der Waals surface area contributed by atoms with Crippen LogP contribution in [-0.2, 0) is 0 Å². The lowest BCUT2D eigenvalue weighted by Crippen LogP contribution is -2.20. The molecule has 22 heavy (non-hydrogen) atoms. The molecule has 1 N–H and O–H groups in total. The second kappa shape index (κ2) is 7.12. The van der Waals surface area contributed by atoms with Crippen molar-refractivity contribution in [2.75, 3.05) is 0 Å². The van der Waals surface area contributed by atoms with Gasteiger partial charge in [0.05, 0.1) is 10.6 Å². The van der Waals surface area contributed by atoms with E-state index in [1.165, 1.54) is 24.3 Å². The average Bonchev–Trinajstić information content (AvgIpc) is 2.56. The van der Waals surface area contributed by atoms with Crippen LogP contribution in [-0.4, -0.2) is 16.5 Å². The van der Waals surface area contributed by atoms with Crippen LogP contribution in [0.15, 0.2) is 59.7 Å². The van der Waals surface area contributed by atoms with Crippen LogP contribution in [0.25, 0.3) is 0 Å². The first-order valence-electron chi connectivity index (χ1n) is 6.78. The minimum Gasteiger partial charge on any atom is -0.267 e. The molecule has 6 nitrogen and oxygen atoms in total. The number of hydrazone groups is 1. The summed E-state index contributed by atoms with van der Waals surface area (Å²) in [5.41, 5.74) is 4.16. The number of carbonyl (C=O) groups excluding carboxylic acids is 1. The number of benzene rings is 2. The van der Waals surface area contributed by atoms with Gasteiger partial charge in [0.1, 0.15) is 0 Å². The van der Waals surface area contributed by atoms with Gasteiger partial charge in [-0.2, -0.15) is 5.10 Å². The maximum absolute atomic E-state index is 12.0. The zero-order valence-corrected chi connectivity index (χ0v) is 12.0. The molecule has 1 amide bonds. The van der Waals surface area contributed by atoms with E-state index in [0.717, 1.165) is 11.3 Å². The summed E-state index contributed by atoms with van der Waals surface area (Å²) in [5, 5.41) is 14.8. The topological polar surface area (TPSA) is 84.6 Å². The third kappa shape index (κ3) is 3.76. The van der Waals surface area contributed by atoms with Crippen molar-refractivity contribution in [2.45, 2.75) is 13.3 Å². The molecule has 6 heteroatoms. The van der Waals surface area contributed by atoms with E-state index in [-0.39, 0.29) is 11.3 Å². The minimum atomic E-state index is -0.540. The Bertz CT molecular complexity index is 712. The molecule has 0 heterocycles. The maximum Gasteiger partial charge on any atom is 0.271 e. The molecule has 0 fully saturated rings. The molecular weight excluding hydrogens is 282 g/mol. The molecule has 2 rings (SSSR count). The number of nitrogens with zero attached hydrogens (tertiary/aromatic N) is 2. The number of rotatable bonds is 5. The Hall–Kier alpha value is -3.02. The smallest absolute Gasteiger partial charge is 0.267 e. The monoisotopic (exact) mass is 297 g/mol. The molecule has 0 aliphatic heterocycles. The van der Waals surface area contributed by atoms with Crippen LogP contribution in [0, 0.1) is 10.1 Å². The number of carbonyl (C=O) groups is 1. The first kappa shape index (κ1) is 15.4. The molecule has 0 saturated heterocycles. The highest BCUT2D eigenvalue weighted by molar-refractivity contribution is 6.02. The summed E-state index contributed by atoms with van der Waals surface area (Å²) >= 11 is 0. The fourth-order valence-electron chi connectivity index (χ4n) is 1.92. The van der Waals surface area contributed by atoms with Crippen LogP contribution in [0.4, 0.5) is 5.69 Å².